The quantitative estimate of drug-likeness (QED) is 0.387. The van der Waals surface area contributed by atoms with E-state index < -0.39 is 23.1 Å². The van der Waals surface area contributed by atoms with Gasteiger partial charge < -0.3 is 10.3 Å². The Balaban J connectivity index is 3.13. The fraction of sp³-hybridized carbons (Fsp3) is 1.00. The molecule has 7 heavy (non-hydrogen) atoms. The molecule has 3 nitrogen and oxygen atoms in total. The molecule has 0 aromatic heterocycles. The number of rotatable bonds is 2. The van der Waals surface area contributed by atoms with Crippen LogP contribution in [0.15, 0.2) is 0 Å². The lowest BCUT2D eigenvalue weighted by Gasteiger charge is -1.92. The van der Waals surface area contributed by atoms with Crippen LogP contribution in [0.4, 0.5) is 4.39 Å². The summed E-state index contributed by atoms with van der Waals surface area (Å²) in [6.45, 7) is 0. The summed E-state index contributed by atoms with van der Waals surface area (Å²) in [5.74, 6) is -0.500. The topological polar surface area (TPSA) is 63.3 Å². The van der Waals surface area contributed by atoms with Gasteiger partial charge in [-0.15, -0.1) is 0 Å². The van der Waals surface area contributed by atoms with Gasteiger partial charge in [0.1, 0.15) is 0 Å². The molecule has 0 saturated carbocycles. The van der Waals surface area contributed by atoms with E-state index in [1.807, 2.05) is 0 Å². The fourth-order valence-corrected chi connectivity index (χ4v) is 0.409. The molecule has 44 valence electrons. The Hall–Kier alpha value is -0.0000000000000000486. The largest absolute Gasteiger partial charge is 0.306 e. The summed E-state index contributed by atoms with van der Waals surface area (Å²) in [7, 11) is 0. The van der Waals surface area contributed by atoms with Crippen LogP contribution in [0.25, 0.3) is 0 Å². The van der Waals surface area contributed by atoms with Gasteiger partial charge >= 0.3 is 0 Å². The van der Waals surface area contributed by atoms with E-state index in [1.54, 1.807) is 0 Å². The van der Waals surface area contributed by atoms with Crippen molar-refractivity contribution in [3.63, 3.8) is 0 Å². The van der Waals surface area contributed by atoms with Crippen molar-refractivity contribution in [2.24, 2.45) is 5.73 Å². The van der Waals surface area contributed by atoms with Gasteiger partial charge in [0.15, 0.2) is 17.4 Å². The Bertz CT molecular complexity index is 76.1. The standard InChI is InChI=1S/C2H6FNO2S/c3-2(4)1-7(5)6/h2H,1,4H2,(H,5,6). The van der Waals surface area contributed by atoms with Gasteiger partial charge in [0.05, 0.1) is 5.75 Å². The first-order valence-corrected chi connectivity index (χ1v) is 2.87. The first kappa shape index (κ1) is 7.00. The fourth-order valence-electron chi connectivity index (χ4n) is 0.136. The predicted octanol–water partition coefficient (Wildman–Crippen LogP) is -0.538. The summed E-state index contributed by atoms with van der Waals surface area (Å²) in [5.41, 5.74) is 4.47. The number of nitrogens with two attached hydrogens (primary N) is 1. The van der Waals surface area contributed by atoms with E-state index in [9.17, 15) is 8.60 Å². The Morgan fingerprint density at radius 2 is 2.43 bits per heavy atom. The normalized spacial score (nSPS) is 18.7. The van der Waals surface area contributed by atoms with Crippen molar-refractivity contribution in [2.75, 3.05) is 5.75 Å². The van der Waals surface area contributed by atoms with Crippen LogP contribution in [-0.2, 0) is 11.1 Å². The zero-order valence-electron chi connectivity index (χ0n) is 3.50. The van der Waals surface area contributed by atoms with Crippen molar-refractivity contribution in [2.45, 2.75) is 6.30 Å². The summed E-state index contributed by atoms with van der Waals surface area (Å²) in [6, 6.07) is 0. The summed E-state index contributed by atoms with van der Waals surface area (Å²) in [5, 5.41) is 0. The van der Waals surface area contributed by atoms with Crippen LogP contribution in [0.2, 0.25) is 0 Å². The van der Waals surface area contributed by atoms with Crippen molar-refractivity contribution in [1.29, 1.82) is 0 Å². The van der Waals surface area contributed by atoms with Crippen molar-refractivity contribution in [3.8, 4) is 0 Å². The van der Waals surface area contributed by atoms with Gasteiger partial charge in [-0.05, 0) is 0 Å². The molecule has 2 atom stereocenters. The molecule has 3 N–H and O–H groups in total. The van der Waals surface area contributed by atoms with Crippen LogP contribution >= 0.6 is 0 Å². The average molecular weight is 127 g/mol. The van der Waals surface area contributed by atoms with Crippen LogP contribution in [0.3, 0.4) is 0 Å². The Morgan fingerprint density at radius 3 is 2.43 bits per heavy atom. The lowest BCUT2D eigenvalue weighted by Crippen LogP contribution is -2.20. The minimum atomic E-state index is -2.10. The third-order valence-electron chi connectivity index (χ3n) is 0.302. The van der Waals surface area contributed by atoms with Gasteiger partial charge in [0, 0.05) is 0 Å². The predicted molar refractivity (Wildman–Crippen MR) is 24.7 cm³/mol. The van der Waals surface area contributed by atoms with E-state index in [1.165, 1.54) is 0 Å². The molecular weight excluding hydrogens is 121 g/mol. The maximum absolute atomic E-state index is 11.4. The summed E-state index contributed by atoms with van der Waals surface area (Å²) >= 11 is -2.10. The van der Waals surface area contributed by atoms with E-state index in [2.05, 4.69) is 5.73 Å². The van der Waals surface area contributed by atoms with E-state index in [0.717, 1.165) is 0 Å². The van der Waals surface area contributed by atoms with Gasteiger partial charge in [-0.1, -0.05) is 0 Å². The Kier molecular flexibility index (Phi) is 3.06. The van der Waals surface area contributed by atoms with Crippen molar-refractivity contribution < 1.29 is 13.2 Å². The molecule has 5 heteroatoms. The van der Waals surface area contributed by atoms with Crippen LogP contribution in [0.1, 0.15) is 0 Å². The van der Waals surface area contributed by atoms with Gasteiger partial charge in [0.25, 0.3) is 0 Å². The molecule has 0 aromatic carbocycles. The molecule has 0 radical (unpaired) electrons. The third kappa shape index (κ3) is 6.00. The molecule has 0 saturated heterocycles. The molecule has 0 aliphatic heterocycles. The summed E-state index contributed by atoms with van der Waals surface area (Å²) < 4.78 is 28.9. The smallest absolute Gasteiger partial charge is 0.162 e. The minimum Gasteiger partial charge on any atom is -0.306 e. The van der Waals surface area contributed by atoms with Gasteiger partial charge in [0.2, 0.25) is 0 Å². The van der Waals surface area contributed by atoms with Crippen molar-refractivity contribution >= 4 is 11.1 Å². The molecule has 0 aliphatic rings. The molecular formula is C2H6FNO2S. The number of hydrogen-bond donors (Lipinski definition) is 2. The highest BCUT2D eigenvalue weighted by Crippen LogP contribution is 1.80. The molecule has 0 heterocycles. The first-order valence-electron chi connectivity index (χ1n) is 1.60. The number of hydrogen-bond acceptors (Lipinski definition) is 2. The maximum Gasteiger partial charge on any atom is 0.162 e. The zero-order valence-corrected chi connectivity index (χ0v) is 4.32. The minimum absolute atomic E-state index is 0.500. The molecule has 0 bridgehead atoms. The lowest BCUT2D eigenvalue weighted by atomic mass is 10.8. The Morgan fingerprint density at radius 1 is 2.00 bits per heavy atom. The highest BCUT2D eigenvalue weighted by Gasteiger charge is 2.00. The van der Waals surface area contributed by atoms with Crippen LogP contribution in [0.5, 0.6) is 0 Å². The maximum atomic E-state index is 11.4. The van der Waals surface area contributed by atoms with Crippen LogP contribution in [-0.4, -0.2) is 20.8 Å². The SMILES string of the molecule is NC(F)CS(=O)O. The average Bonchev–Trinajstić information content (AvgIpc) is 1.27. The van der Waals surface area contributed by atoms with Crippen molar-refractivity contribution in [3.05, 3.63) is 0 Å². The molecule has 0 spiro atoms. The van der Waals surface area contributed by atoms with Crippen LogP contribution in [0, 0.1) is 0 Å². The molecule has 0 aromatic rings. The lowest BCUT2D eigenvalue weighted by molar-refractivity contribution is 0.372. The monoisotopic (exact) mass is 127 g/mol. The second-order valence-electron chi connectivity index (χ2n) is 1.00. The van der Waals surface area contributed by atoms with Gasteiger partial charge in [-0.3, -0.25) is 0 Å². The van der Waals surface area contributed by atoms with E-state index in [0.29, 0.717) is 0 Å². The second kappa shape index (κ2) is 3.06. The molecule has 0 rings (SSSR count). The van der Waals surface area contributed by atoms with Crippen molar-refractivity contribution in [1.82, 2.24) is 0 Å². The van der Waals surface area contributed by atoms with Gasteiger partial charge in [-0.2, -0.15) is 0 Å². The highest BCUT2D eigenvalue weighted by molar-refractivity contribution is 7.79. The first-order chi connectivity index (χ1) is 3.13. The number of alkyl halides is 1. The molecule has 0 amide bonds. The van der Waals surface area contributed by atoms with E-state index >= 15 is 0 Å². The number of halogens is 1. The summed E-state index contributed by atoms with van der Waals surface area (Å²) in [4.78, 5) is 0. The zero-order chi connectivity index (χ0) is 5.86. The molecule has 0 fully saturated rings. The molecule has 0 aliphatic carbocycles. The highest BCUT2D eigenvalue weighted by atomic mass is 32.2. The third-order valence-corrected chi connectivity index (χ3v) is 0.905. The summed E-state index contributed by atoms with van der Waals surface area (Å²) in [6.07, 6.45) is -1.68. The van der Waals surface area contributed by atoms with E-state index in [-0.39, 0.29) is 0 Å². The second-order valence-corrected chi connectivity index (χ2v) is 1.98. The van der Waals surface area contributed by atoms with E-state index in [4.69, 9.17) is 4.55 Å². The van der Waals surface area contributed by atoms with Crippen LogP contribution < -0.4 is 5.73 Å². The van der Waals surface area contributed by atoms with Gasteiger partial charge in [-0.25, -0.2) is 8.60 Å². The molecule has 2 unspecified atom stereocenters. The Labute approximate surface area is 43.0 Å².